The smallest absolute Gasteiger partial charge is 0.408 e. The van der Waals surface area contributed by atoms with Crippen LogP contribution in [0.1, 0.15) is 91.5 Å². The summed E-state index contributed by atoms with van der Waals surface area (Å²) in [5.74, 6) is -6.70. The first-order valence-corrected chi connectivity index (χ1v) is 22.7. The molecule has 5 aliphatic rings. The number of fused-ring (bicyclic) bond motifs is 5. The summed E-state index contributed by atoms with van der Waals surface area (Å²) in [7, 11) is -4.43. The number of ether oxygens (including phenoxy) is 3. The van der Waals surface area contributed by atoms with Gasteiger partial charge in [0.2, 0.25) is 33.6 Å². The molecular weight excluding hydrogens is 820 g/mol. The van der Waals surface area contributed by atoms with Crippen LogP contribution in [0.25, 0.3) is 10.8 Å². The topological polar surface area (TPSA) is 182 Å². The van der Waals surface area contributed by atoms with E-state index in [9.17, 15) is 40.8 Å². The highest BCUT2D eigenvalue weighted by Crippen LogP contribution is 2.48. The Morgan fingerprint density at radius 3 is 2.51 bits per heavy atom. The molecule has 2 saturated carbocycles. The summed E-state index contributed by atoms with van der Waals surface area (Å²) in [6.45, 7) is 5.77. The first-order chi connectivity index (χ1) is 28.7. The summed E-state index contributed by atoms with van der Waals surface area (Å²) in [6.07, 6.45) is 5.83. The van der Waals surface area contributed by atoms with E-state index in [1.807, 2.05) is 37.3 Å². The van der Waals surface area contributed by atoms with Crippen LogP contribution in [0.4, 0.5) is 18.0 Å². The second kappa shape index (κ2) is 16.6. The number of carbonyl (C=O) groups is 4. The van der Waals surface area contributed by atoms with Gasteiger partial charge in [-0.3, -0.25) is 19.1 Å². The van der Waals surface area contributed by atoms with Gasteiger partial charge < -0.3 is 29.7 Å². The van der Waals surface area contributed by atoms with E-state index < -0.39 is 92.2 Å². The van der Waals surface area contributed by atoms with Gasteiger partial charge in [0.05, 0.1) is 13.2 Å². The summed E-state index contributed by atoms with van der Waals surface area (Å²) in [5.41, 5.74) is -2.96. The Labute approximate surface area is 354 Å². The van der Waals surface area contributed by atoms with E-state index in [2.05, 4.69) is 15.4 Å². The third-order valence-corrected chi connectivity index (χ3v) is 15.4. The number of carbonyl (C=O) groups excluding carboxylic acids is 4. The van der Waals surface area contributed by atoms with Crippen LogP contribution in [0, 0.1) is 23.7 Å². The van der Waals surface area contributed by atoms with Crippen molar-refractivity contribution in [3.8, 4) is 11.8 Å². The molecule has 0 bridgehead atoms. The van der Waals surface area contributed by atoms with Crippen LogP contribution < -0.4 is 24.8 Å². The van der Waals surface area contributed by atoms with Crippen LogP contribution in [0.2, 0.25) is 0 Å². The fourth-order valence-corrected chi connectivity index (χ4v) is 10.2. The predicted molar refractivity (Wildman–Crippen MR) is 218 cm³/mol. The van der Waals surface area contributed by atoms with Gasteiger partial charge in [-0.1, -0.05) is 44.2 Å². The van der Waals surface area contributed by atoms with Crippen molar-refractivity contribution in [2.24, 2.45) is 23.7 Å². The number of aromatic nitrogens is 1. The van der Waals surface area contributed by atoms with Crippen molar-refractivity contribution >= 4 is 44.6 Å². The maximum atomic E-state index is 14.9. The van der Waals surface area contributed by atoms with Crippen LogP contribution in [0.5, 0.6) is 11.8 Å². The maximum absolute atomic E-state index is 14.9. The molecular formula is C43H56F3N5O9S. The van der Waals surface area contributed by atoms with Crippen LogP contribution >= 0.6 is 0 Å². The van der Waals surface area contributed by atoms with Gasteiger partial charge in [-0.2, -0.15) is 4.98 Å². The first kappa shape index (κ1) is 44.4. The number of allylic oxidation sites excluding steroid dienone is 1. The van der Waals surface area contributed by atoms with E-state index in [1.54, 1.807) is 13.0 Å². The lowest BCUT2D eigenvalue weighted by Crippen LogP contribution is -2.60. The molecule has 61 heavy (non-hydrogen) atoms. The number of hydrogen-bond acceptors (Lipinski definition) is 10. The van der Waals surface area contributed by atoms with Gasteiger partial charge >= 0.3 is 6.09 Å². The van der Waals surface area contributed by atoms with Crippen LogP contribution in [-0.2, 0) is 35.6 Å². The van der Waals surface area contributed by atoms with Crippen LogP contribution in [0.15, 0.2) is 36.4 Å². The Hall–Kier alpha value is -4.61. The third kappa shape index (κ3) is 8.87. The van der Waals surface area contributed by atoms with E-state index >= 15 is 0 Å². The maximum Gasteiger partial charge on any atom is 0.408 e. The SMILES string of the molecule is CC1CCC=CC2CC2(C(=O)NS(=O)(=O)C2(CF)CC2)NC(=O)C2CC(COc3nc4c(c5ccccc35)CCCO4)CN2C(=O)C(NC(=O)OC(C)(C)C(C)(F)F)C(C)C1. The highest BCUT2D eigenvalue weighted by molar-refractivity contribution is 7.91. The van der Waals surface area contributed by atoms with Crippen molar-refractivity contribution in [1.29, 1.82) is 0 Å². The highest BCUT2D eigenvalue weighted by atomic mass is 32.2. The lowest BCUT2D eigenvalue weighted by atomic mass is 9.88. The third-order valence-electron chi connectivity index (χ3n) is 13.3. The molecule has 7 unspecified atom stereocenters. The van der Waals surface area contributed by atoms with E-state index in [4.69, 9.17) is 19.2 Å². The molecule has 2 aliphatic carbocycles. The number of alkyl halides is 3. The standard InChI is InChI=1S/C43H56F3N5O9S/c1-25-11-6-7-12-28-21-43(28,38(54)50-61(56,57)42(24-44)16-17-42)49-34(52)32-20-27(23-59-36-30-14-9-8-13-29(30)31-15-10-18-58-35(31)48-36)22-51(32)37(53)33(26(2)19-25)47-39(55)60-40(3,4)41(5,45)46/h7-9,12-14,25-28,32-33H,6,10-11,15-24H2,1-5H3,(H,47,55)(H,49,52)(H,50,54). The Bertz CT molecular complexity index is 2200. The zero-order valence-corrected chi connectivity index (χ0v) is 36.0. The largest absolute Gasteiger partial charge is 0.477 e. The van der Waals surface area contributed by atoms with Gasteiger partial charge in [0.15, 0.2) is 5.60 Å². The molecule has 334 valence electrons. The van der Waals surface area contributed by atoms with Gasteiger partial charge in [-0.15, -0.1) is 0 Å². The van der Waals surface area contributed by atoms with E-state index in [0.29, 0.717) is 44.6 Å². The molecule has 0 spiro atoms. The Balaban J connectivity index is 1.20. The molecule has 3 fully saturated rings. The molecule has 0 radical (unpaired) electrons. The van der Waals surface area contributed by atoms with Crippen molar-refractivity contribution in [2.45, 2.75) is 126 Å². The second-order valence-corrected chi connectivity index (χ2v) is 20.5. The highest BCUT2D eigenvalue weighted by Gasteiger charge is 2.64. The number of amides is 4. The molecule has 1 aromatic heterocycles. The molecule has 1 aromatic carbocycles. The zero-order chi connectivity index (χ0) is 44.1. The number of halogens is 3. The van der Waals surface area contributed by atoms with Crippen molar-refractivity contribution in [3.05, 3.63) is 42.0 Å². The number of benzene rings is 1. The minimum absolute atomic E-state index is 0.000323. The Morgan fingerprint density at radius 2 is 1.82 bits per heavy atom. The van der Waals surface area contributed by atoms with Gasteiger partial charge in [-0.05, 0) is 94.9 Å². The van der Waals surface area contributed by atoms with Gasteiger partial charge in [0, 0.05) is 36.3 Å². The Morgan fingerprint density at radius 1 is 1.10 bits per heavy atom. The van der Waals surface area contributed by atoms with Gasteiger partial charge in [0.25, 0.3) is 11.8 Å². The van der Waals surface area contributed by atoms with Crippen molar-refractivity contribution in [1.82, 2.24) is 25.2 Å². The summed E-state index contributed by atoms with van der Waals surface area (Å²) in [5, 5.41) is 7.04. The monoisotopic (exact) mass is 875 g/mol. The number of hydrogen-bond donors (Lipinski definition) is 3. The van der Waals surface area contributed by atoms with E-state index in [1.165, 1.54) is 4.90 Å². The molecule has 7 rings (SSSR count). The average Bonchev–Trinajstić information content (AvgIpc) is 4.11. The van der Waals surface area contributed by atoms with Crippen molar-refractivity contribution < 1.29 is 55.0 Å². The van der Waals surface area contributed by atoms with Crippen LogP contribution in [-0.4, -0.2) is 102 Å². The first-order valence-electron chi connectivity index (χ1n) is 21.2. The molecule has 4 heterocycles. The summed E-state index contributed by atoms with van der Waals surface area (Å²) in [4.78, 5) is 62.8. The summed E-state index contributed by atoms with van der Waals surface area (Å²) < 4.78 is 87.0. The number of sulfonamides is 1. The van der Waals surface area contributed by atoms with Crippen molar-refractivity contribution in [3.63, 3.8) is 0 Å². The zero-order valence-electron chi connectivity index (χ0n) is 35.2. The fraction of sp³-hybridized carbons (Fsp3) is 0.651. The lowest BCUT2D eigenvalue weighted by molar-refractivity contribution is -0.152. The number of nitrogens with one attached hydrogen (secondary N) is 3. The van der Waals surface area contributed by atoms with Gasteiger partial charge in [-0.25, -0.2) is 26.4 Å². The van der Waals surface area contributed by atoms with Crippen LogP contribution in [0.3, 0.4) is 0 Å². The molecule has 1 saturated heterocycles. The van der Waals surface area contributed by atoms with E-state index in [-0.39, 0.29) is 44.8 Å². The van der Waals surface area contributed by atoms with Crippen molar-refractivity contribution in [2.75, 3.05) is 26.4 Å². The molecule has 18 heteroatoms. The Kier molecular flexibility index (Phi) is 12.1. The summed E-state index contributed by atoms with van der Waals surface area (Å²) in [6, 6.07) is 5.08. The molecule has 4 amide bonds. The minimum Gasteiger partial charge on any atom is -0.477 e. The molecule has 3 aliphatic heterocycles. The number of aryl methyl sites for hydroxylation is 1. The average molecular weight is 876 g/mol. The molecule has 7 atom stereocenters. The fourth-order valence-electron chi connectivity index (χ4n) is 8.74. The normalized spacial score (nSPS) is 29.1. The minimum atomic E-state index is -4.43. The van der Waals surface area contributed by atoms with E-state index in [0.717, 1.165) is 43.0 Å². The lowest BCUT2D eigenvalue weighted by Gasteiger charge is -2.35. The number of pyridine rings is 1. The number of alkyl carbamates (subject to hydrolysis) is 1. The quantitative estimate of drug-likeness (QED) is 0.257. The predicted octanol–water partition coefficient (Wildman–Crippen LogP) is 5.52. The van der Waals surface area contributed by atoms with Gasteiger partial charge in [0.1, 0.15) is 29.0 Å². The number of nitrogens with zero attached hydrogens (tertiary/aromatic N) is 2. The molecule has 3 N–H and O–H groups in total. The molecule has 2 aromatic rings. The molecule has 14 nitrogen and oxygen atoms in total. The number of rotatable bonds is 10. The second-order valence-electron chi connectivity index (χ2n) is 18.4. The summed E-state index contributed by atoms with van der Waals surface area (Å²) >= 11 is 0.